The quantitative estimate of drug-likeness (QED) is 0.777. The van der Waals surface area contributed by atoms with Crippen LogP contribution >= 0.6 is 0 Å². The van der Waals surface area contributed by atoms with Gasteiger partial charge in [0, 0.05) is 19.8 Å². The summed E-state index contributed by atoms with van der Waals surface area (Å²) < 4.78 is 5.30. The Hall–Kier alpha value is -0.610. The molecule has 0 aromatic carbocycles. The molecule has 18 heavy (non-hydrogen) atoms. The molecule has 0 bridgehead atoms. The van der Waals surface area contributed by atoms with E-state index >= 15 is 0 Å². The maximum absolute atomic E-state index is 12.1. The Morgan fingerprint density at radius 2 is 2.00 bits per heavy atom. The van der Waals surface area contributed by atoms with Crippen LogP contribution < -0.4 is 11.1 Å². The van der Waals surface area contributed by atoms with Gasteiger partial charge in [-0.2, -0.15) is 0 Å². The molecule has 1 atom stereocenters. The highest BCUT2D eigenvalue weighted by atomic mass is 16.5. The number of nitrogens with one attached hydrogen (secondary N) is 1. The van der Waals surface area contributed by atoms with Crippen LogP contribution in [0.3, 0.4) is 0 Å². The largest absolute Gasteiger partial charge is 0.381 e. The maximum Gasteiger partial charge on any atom is 0.237 e. The fraction of sp³-hybridized carbons (Fsp3) is 0.929. The van der Waals surface area contributed by atoms with E-state index in [4.69, 9.17) is 10.5 Å². The van der Waals surface area contributed by atoms with Crippen molar-refractivity contribution in [2.75, 3.05) is 19.8 Å². The standard InChI is InChI=1S/C14H26N2O2/c1-10(2)14(5-6-14)9-16-13(17)12(15)11-3-7-18-8-4-11/h10-12H,3-9,15H2,1-2H3,(H,16,17). The first kappa shape index (κ1) is 13.8. The molecule has 1 unspecified atom stereocenters. The first-order chi connectivity index (χ1) is 8.55. The number of carbonyl (C=O) groups excluding carboxylic acids is 1. The lowest BCUT2D eigenvalue weighted by atomic mass is 9.90. The number of hydrogen-bond acceptors (Lipinski definition) is 3. The summed E-state index contributed by atoms with van der Waals surface area (Å²) in [7, 11) is 0. The fourth-order valence-electron chi connectivity index (χ4n) is 2.79. The lowest BCUT2D eigenvalue weighted by molar-refractivity contribution is -0.124. The lowest BCUT2D eigenvalue weighted by Crippen LogP contribution is -2.48. The van der Waals surface area contributed by atoms with Crippen LogP contribution in [0, 0.1) is 17.3 Å². The SMILES string of the molecule is CC(C)C1(CNC(=O)C(N)C2CCOCC2)CC1. The molecule has 4 nitrogen and oxygen atoms in total. The molecule has 2 aliphatic rings. The third-order valence-corrected chi connectivity index (χ3v) is 4.81. The summed E-state index contributed by atoms with van der Waals surface area (Å²) in [5, 5.41) is 3.06. The summed E-state index contributed by atoms with van der Waals surface area (Å²) in [5.41, 5.74) is 6.40. The van der Waals surface area contributed by atoms with Crippen LogP contribution in [-0.4, -0.2) is 31.7 Å². The molecule has 0 aromatic heterocycles. The Labute approximate surface area is 110 Å². The molecule has 1 heterocycles. The van der Waals surface area contributed by atoms with Gasteiger partial charge in [0.15, 0.2) is 0 Å². The van der Waals surface area contributed by atoms with E-state index in [-0.39, 0.29) is 17.9 Å². The predicted molar refractivity (Wildman–Crippen MR) is 71.0 cm³/mol. The minimum absolute atomic E-state index is 0.0221. The Morgan fingerprint density at radius 1 is 1.39 bits per heavy atom. The number of nitrogens with two attached hydrogens (primary N) is 1. The highest BCUT2D eigenvalue weighted by Gasteiger charge is 2.45. The summed E-state index contributed by atoms with van der Waals surface area (Å²) in [6.07, 6.45) is 4.28. The number of hydrogen-bond donors (Lipinski definition) is 2. The zero-order valence-corrected chi connectivity index (χ0v) is 11.6. The topological polar surface area (TPSA) is 64.4 Å². The minimum Gasteiger partial charge on any atom is -0.381 e. The molecule has 0 aromatic rings. The van der Waals surface area contributed by atoms with E-state index in [1.165, 1.54) is 12.8 Å². The monoisotopic (exact) mass is 254 g/mol. The highest BCUT2D eigenvalue weighted by molar-refractivity contribution is 5.81. The molecule has 0 spiro atoms. The van der Waals surface area contributed by atoms with Gasteiger partial charge in [0.1, 0.15) is 0 Å². The van der Waals surface area contributed by atoms with E-state index in [0.29, 0.717) is 11.3 Å². The highest BCUT2D eigenvalue weighted by Crippen LogP contribution is 2.51. The van der Waals surface area contributed by atoms with Gasteiger partial charge in [-0.1, -0.05) is 13.8 Å². The van der Waals surface area contributed by atoms with Gasteiger partial charge < -0.3 is 15.8 Å². The molecule has 2 rings (SSSR count). The summed E-state index contributed by atoms with van der Waals surface area (Å²) in [6, 6.07) is -0.364. The van der Waals surface area contributed by atoms with Crippen molar-refractivity contribution in [3.05, 3.63) is 0 Å². The fourth-order valence-corrected chi connectivity index (χ4v) is 2.79. The van der Waals surface area contributed by atoms with Gasteiger partial charge in [0.05, 0.1) is 6.04 Å². The summed E-state index contributed by atoms with van der Waals surface area (Å²) >= 11 is 0. The zero-order chi connectivity index (χ0) is 13.2. The zero-order valence-electron chi connectivity index (χ0n) is 11.6. The molecule has 1 aliphatic heterocycles. The number of amides is 1. The second-order valence-electron chi connectivity index (χ2n) is 6.21. The van der Waals surface area contributed by atoms with E-state index in [2.05, 4.69) is 19.2 Å². The average Bonchev–Trinajstić information content (AvgIpc) is 3.17. The van der Waals surface area contributed by atoms with Gasteiger partial charge in [0.25, 0.3) is 0 Å². The molecule has 1 saturated heterocycles. The third-order valence-electron chi connectivity index (χ3n) is 4.81. The van der Waals surface area contributed by atoms with Gasteiger partial charge >= 0.3 is 0 Å². The van der Waals surface area contributed by atoms with Crippen molar-refractivity contribution in [1.82, 2.24) is 5.32 Å². The van der Waals surface area contributed by atoms with E-state index in [0.717, 1.165) is 32.6 Å². The Morgan fingerprint density at radius 3 is 2.50 bits per heavy atom. The van der Waals surface area contributed by atoms with Crippen LogP contribution in [0.15, 0.2) is 0 Å². The van der Waals surface area contributed by atoms with Crippen LogP contribution in [-0.2, 0) is 9.53 Å². The van der Waals surface area contributed by atoms with Crippen molar-refractivity contribution < 1.29 is 9.53 Å². The molecule has 104 valence electrons. The molecule has 0 radical (unpaired) electrons. The van der Waals surface area contributed by atoms with Gasteiger partial charge in [-0.05, 0) is 42.9 Å². The summed E-state index contributed by atoms with van der Waals surface area (Å²) in [4.78, 5) is 12.1. The first-order valence-corrected chi connectivity index (χ1v) is 7.16. The minimum atomic E-state index is -0.364. The van der Waals surface area contributed by atoms with Crippen LogP contribution in [0.2, 0.25) is 0 Å². The number of ether oxygens (including phenoxy) is 1. The molecule has 4 heteroatoms. The van der Waals surface area contributed by atoms with Gasteiger partial charge in [-0.3, -0.25) is 4.79 Å². The smallest absolute Gasteiger partial charge is 0.237 e. The second kappa shape index (κ2) is 5.57. The number of carbonyl (C=O) groups is 1. The van der Waals surface area contributed by atoms with Crippen molar-refractivity contribution in [3.63, 3.8) is 0 Å². The van der Waals surface area contributed by atoms with Crippen molar-refractivity contribution in [2.45, 2.75) is 45.6 Å². The van der Waals surface area contributed by atoms with Crippen LogP contribution in [0.1, 0.15) is 39.5 Å². The van der Waals surface area contributed by atoms with E-state index in [1.54, 1.807) is 0 Å². The first-order valence-electron chi connectivity index (χ1n) is 7.16. The molecule has 1 amide bonds. The van der Waals surface area contributed by atoms with Gasteiger partial charge in [-0.25, -0.2) is 0 Å². The van der Waals surface area contributed by atoms with Crippen LogP contribution in [0.4, 0.5) is 0 Å². The van der Waals surface area contributed by atoms with Crippen LogP contribution in [0.5, 0.6) is 0 Å². The maximum atomic E-state index is 12.1. The summed E-state index contributed by atoms with van der Waals surface area (Å²) in [5.74, 6) is 0.943. The predicted octanol–water partition coefficient (Wildman–Crippen LogP) is 1.29. The van der Waals surface area contributed by atoms with E-state index < -0.39 is 0 Å². The lowest BCUT2D eigenvalue weighted by Gasteiger charge is -2.28. The third kappa shape index (κ3) is 3.04. The van der Waals surface area contributed by atoms with Crippen molar-refractivity contribution >= 4 is 5.91 Å². The Kier molecular flexibility index (Phi) is 4.28. The molecular weight excluding hydrogens is 228 g/mol. The number of rotatable bonds is 5. The normalized spacial score (nSPS) is 24.9. The van der Waals surface area contributed by atoms with E-state index in [9.17, 15) is 4.79 Å². The molecule has 1 saturated carbocycles. The molecule has 1 aliphatic carbocycles. The summed E-state index contributed by atoms with van der Waals surface area (Å²) in [6.45, 7) is 6.73. The van der Waals surface area contributed by atoms with Crippen LogP contribution in [0.25, 0.3) is 0 Å². The molecule has 2 fully saturated rings. The van der Waals surface area contributed by atoms with E-state index in [1.807, 2.05) is 0 Å². The Bertz CT molecular complexity index is 294. The van der Waals surface area contributed by atoms with Gasteiger partial charge in [0.2, 0.25) is 5.91 Å². The Balaban J connectivity index is 1.77. The van der Waals surface area contributed by atoms with Crippen molar-refractivity contribution in [1.29, 1.82) is 0 Å². The average molecular weight is 254 g/mol. The van der Waals surface area contributed by atoms with Crippen molar-refractivity contribution in [3.8, 4) is 0 Å². The second-order valence-corrected chi connectivity index (χ2v) is 6.21. The van der Waals surface area contributed by atoms with Gasteiger partial charge in [-0.15, -0.1) is 0 Å². The van der Waals surface area contributed by atoms with Crippen molar-refractivity contribution in [2.24, 2.45) is 23.0 Å². The molecular formula is C14H26N2O2. The molecule has 3 N–H and O–H groups in total.